The molecule has 0 bridgehead atoms. The Morgan fingerprint density at radius 1 is 1.14 bits per heavy atom. The van der Waals surface area contributed by atoms with E-state index in [4.69, 9.17) is 9.47 Å². The molecule has 0 aromatic carbocycles. The summed E-state index contributed by atoms with van der Waals surface area (Å²) in [6.07, 6.45) is 9.11. The van der Waals surface area contributed by atoms with Gasteiger partial charge < -0.3 is 25.4 Å². The van der Waals surface area contributed by atoms with E-state index in [1.54, 1.807) is 19.6 Å². The Bertz CT molecular complexity index is 983. The third kappa shape index (κ3) is 7.07. The minimum atomic E-state index is -0.425. The van der Waals surface area contributed by atoms with Gasteiger partial charge >= 0.3 is 0 Å². The van der Waals surface area contributed by atoms with Crippen molar-refractivity contribution in [2.75, 3.05) is 44.1 Å². The average molecular weight is 481 g/mol. The second kappa shape index (κ2) is 12.2. The van der Waals surface area contributed by atoms with Crippen LogP contribution in [0.5, 0.6) is 0 Å². The number of ether oxygens (including phenoxy) is 2. The van der Waals surface area contributed by atoms with Crippen molar-refractivity contribution in [3.8, 4) is 17.6 Å². The van der Waals surface area contributed by atoms with Crippen molar-refractivity contribution < 1.29 is 9.47 Å². The Hall–Kier alpha value is -2.87. The van der Waals surface area contributed by atoms with Gasteiger partial charge in [0.05, 0.1) is 18.1 Å². The lowest BCUT2D eigenvalue weighted by atomic mass is 9.82. The third-order valence-electron chi connectivity index (χ3n) is 6.86. The second-order valence-corrected chi connectivity index (χ2v) is 9.63. The van der Waals surface area contributed by atoms with E-state index >= 15 is 0 Å². The van der Waals surface area contributed by atoms with Crippen molar-refractivity contribution in [3.05, 3.63) is 24.7 Å². The van der Waals surface area contributed by atoms with Crippen LogP contribution in [0.2, 0.25) is 0 Å². The monoisotopic (exact) mass is 480 g/mol. The molecule has 10 heteroatoms. The van der Waals surface area contributed by atoms with E-state index in [0.717, 1.165) is 50.9 Å². The van der Waals surface area contributed by atoms with Crippen LogP contribution in [0, 0.1) is 16.7 Å². The average Bonchev–Trinajstić information content (AvgIpc) is 2.90. The largest absolute Gasteiger partial charge is 0.383 e. The zero-order valence-corrected chi connectivity index (χ0v) is 20.7. The van der Waals surface area contributed by atoms with E-state index in [0.29, 0.717) is 55.2 Å². The molecular formula is C25H36N8O2. The van der Waals surface area contributed by atoms with Crippen LogP contribution in [0.15, 0.2) is 24.7 Å². The molecule has 1 unspecified atom stereocenters. The smallest absolute Gasteiger partial charge is 0.180 e. The van der Waals surface area contributed by atoms with Gasteiger partial charge in [0, 0.05) is 57.3 Å². The maximum Gasteiger partial charge on any atom is 0.180 e. The number of hydrogen-bond acceptors (Lipinski definition) is 10. The van der Waals surface area contributed by atoms with E-state index < -0.39 is 5.41 Å². The number of methoxy groups -OCH3 is 1. The third-order valence-corrected chi connectivity index (χ3v) is 6.86. The van der Waals surface area contributed by atoms with Gasteiger partial charge in [0.25, 0.3) is 0 Å². The lowest BCUT2D eigenvalue weighted by Gasteiger charge is -2.31. The Labute approximate surface area is 207 Å². The van der Waals surface area contributed by atoms with Crippen LogP contribution in [0.1, 0.15) is 45.4 Å². The Kier molecular flexibility index (Phi) is 8.79. The van der Waals surface area contributed by atoms with E-state index in [1.165, 1.54) is 0 Å². The van der Waals surface area contributed by atoms with Crippen molar-refractivity contribution in [3.63, 3.8) is 0 Å². The summed E-state index contributed by atoms with van der Waals surface area (Å²) in [4.78, 5) is 17.9. The normalized spacial score (nSPS) is 22.7. The number of hydrogen-bond donors (Lipinski definition) is 3. The van der Waals surface area contributed by atoms with Crippen molar-refractivity contribution >= 4 is 11.6 Å². The first-order chi connectivity index (χ1) is 17.1. The maximum absolute atomic E-state index is 9.68. The summed E-state index contributed by atoms with van der Waals surface area (Å²) in [6.45, 7) is 4.66. The van der Waals surface area contributed by atoms with Gasteiger partial charge in [-0.3, -0.25) is 0 Å². The zero-order valence-electron chi connectivity index (χ0n) is 20.7. The van der Waals surface area contributed by atoms with Gasteiger partial charge in [0.1, 0.15) is 23.7 Å². The van der Waals surface area contributed by atoms with Crippen molar-refractivity contribution in [2.45, 2.75) is 63.6 Å². The summed E-state index contributed by atoms with van der Waals surface area (Å²) >= 11 is 0. The number of aromatic nitrogens is 4. The molecule has 1 aliphatic carbocycles. The number of rotatable bonds is 10. The van der Waals surface area contributed by atoms with Crippen LogP contribution in [0.4, 0.5) is 11.6 Å². The fourth-order valence-electron chi connectivity index (χ4n) is 4.80. The minimum absolute atomic E-state index is 0.367. The molecule has 1 aliphatic heterocycles. The molecule has 1 atom stereocenters. The quantitative estimate of drug-likeness (QED) is 0.466. The van der Waals surface area contributed by atoms with Gasteiger partial charge in [-0.05, 0) is 51.5 Å². The highest BCUT2D eigenvalue weighted by Crippen LogP contribution is 2.30. The van der Waals surface area contributed by atoms with Gasteiger partial charge in [-0.2, -0.15) is 5.26 Å². The SMILES string of the molecule is COCC(C)NC1CCC(Nc2cc(-c3nccc(NCC4(C#N)CCOCC4)n3)ncn2)CC1. The highest BCUT2D eigenvalue weighted by molar-refractivity contribution is 5.56. The summed E-state index contributed by atoms with van der Waals surface area (Å²) in [5.74, 6) is 1.99. The van der Waals surface area contributed by atoms with Crippen LogP contribution >= 0.6 is 0 Å². The number of nitrogens with zero attached hydrogens (tertiary/aromatic N) is 5. The maximum atomic E-state index is 9.68. The summed E-state index contributed by atoms with van der Waals surface area (Å²) in [6, 6.07) is 7.47. The van der Waals surface area contributed by atoms with Crippen molar-refractivity contribution in [2.24, 2.45) is 5.41 Å². The van der Waals surface area contributed by atoms with Crippen LogP contribution < -0.4 is 16.0 Å². The molecule has 3 N–H and O–H groups in total. The highest BCUT2D eigenvalue weighted by atomic mass is 16.5. The number of nitrogens with one attached hydrogen (secondary N) is 3. The lowest BCUT2D eigenvalue weighted by Crippen LogP contribution is -2.42. The molecular weight excluding hydrogens is 444 g/mol. The molecule has 4 rings (SSSR count). The second-order valence-electron chi connectivity index (χ2n) is 9.63. The summed E-state index contributed by atoms with van der Waals surface area (Å²) < 4.78 is 10.6. The van der Waals surface area contributed by atoms with E-state index in [-0.39, 0.29) is 0 Å². The van der Waals surface area contributed by atoms with E-state index in [1.807, 2.05) is 12.1 Å². The van der Waals surface area contributed by atoms with Gasteiger partial charge in [0.2, 0.25) is 0 Å². The summed E-state index contributed by atoms with van der Waals surface area (Å²) in [7, 11) is 1.74. The zero-order chi connectivity index (χ0) is 24.5. The van der Waals surface area contributed by atoms with Crippen LogP contribution in [0.3, 0.4) is 0 Å². The Morgan fingerprint density at radius 3 is 2.66 bits per heavy atom. The molecule has 3 heterocycles. The van der Waals surface area contributed by atoms with Crippen LogP contribution in [-0.2, 0) is 9.47 Å². The molecule has 2 fully saturated rings. The lowest BCUT2D eigenvalue weighted by molar-refractivity contribution is 0.0455. The van der Waals surface area contributed by atoms with E-state index in [9.17, 15) is 5.26 Å². The van der Waals surface area contributed by atoms with Crippen LogP contribution in [-0.4, -0.2) is 71.5 Å². The molecule has 2 aliphatic rings. The highest BCUT2D eigenvalue weighted by Gasteiger charge is 2.32. The topological polar surface area (TPSA) is 130 Å². The fraction of sp³-hybridized carbons (Fsp3) is 0.640. The molecule has 2 aromatic heterocycles. The fourth-order valence-corrected chi connectivity index (χ4v) is 4.80. The Balaban J connectivity index is 1.33. The van der Waals surface area contributed by atoms with Gasteiger partial charge in [0.15, 0.2) is 5.82 Å². The van der Waals surface area contributed by atoms with Crippen molar-refractivity contribution in [1.82, 2.24) is 25.3 Å². The summed E-state index contributed by atoms with van der Waals surface area (Å²) in [5, 5.41) is 20.2. The minimum Gasteiger partial charge on any atom is -0.383 e. The number of nitriles is 1. The predicted molar refractivity (Wildman–Crippen MR) is 134 cm³/mol. The van der Waals surface area contributed by atoms with E-state index in [2.05, 4.69) is 48.9 Å². The van der Waals surface area contributed by atoms with Crippen molar-refractivity contribution in [1.29, 1.82) is 5.26 Å². The molecule has 35 heavy (non-hydrogen) atoms. The number of anilines is 2. The molecule has 2 aromatic rings. The first kappa shape index (κ1) is 25.2. The molecule has 0 amide bonds. The predicted octanol–water partition coefficient (Wildman–Crippen LogP) is 3.01. The molecule has 10 nitrogen and oxygen atoms in total. The molecule has 1 saturated heterocycles. The molecule has 0 radical (unpaired) electrons. The summed E-state index contributed by atoms with van der Waals surface area (Å²) in [5.41, 5.74) is 0.238. The molecule has 0 spiro atoms. The Morgan fingerprint density at radius 2 is 1.91 bits per heavy atom. The first-order valence-corrected chi connectivity index (χ1v) is 12.5. The van der Waals surface area contributed by atoms with Gasteiger partial charge in [-0.25, -0.2) is 19.9 Å². The van der Waals surface area contributed by atoms with Gasteiger partial charge in [-0.15, -0.1) is 0 Å². The van der Waals surface area contributed by atoms with Crippen LogP contribution in [0.25, 0.3) is 11.5 Å². The molecule has 188 valence electrons. The standard InChI is InChI=1S/C25H36N8O2/c1-18(14-34-2)31-19-3-5-20(6-4-19)32-23-13-21(29-17-30-23)24-27-10-7-22(33-24)28-16-25(15-26)8-11-35-12-9-25/h7,10,13,17-20,31H,3-6,8-9,11-12,14,16H2,1-2H3,(H,27,28,33)(H,29,30,32). The molecule has 1 saturated carbocycles. The first-order valence-electron chi connectivity index (χ1n) is 12.5. The van der Waals surface area contributed by atoms with Gasteiger partial charge in [-0.1, -0.05) is 0 Å².